The van der Waals surface area contributed by atoms with Crippen molar-refractivity contribution in [3.63, 3.8) is 0 Å². The third kappa shape index (κ3) is 3.72. The van der Waals surface area contributed by atoms with E-state index in [1.54, 1.807) is 31.6 Å². The summed E-state index contributed by atoms with van der Waals surface area (Å²) in [5.74, 6) is -0.455. The highest BCUT2D eigenvalue weighted by molar-refractivity contribution is 7.98. The lowest BCUT2D eigenvalue weighted by Crippen LogP contribution is -2.33. The number of pyridine rings is 1. The fourth-order valence-corrected chi connectivity index (χ4v) is 2.76. The molecule has 2 rings (SSSR count). The summed E-state index contributed by atoms with van der Waals surface area (Å²) in [6, 6.07) is 9.44. The molecule has 0 aliphatic carbocycles. The summed E-state index contributed by atoms with van der Waals surface area (Å²) in [5, 5.41) is 2.41. The number of carbonyl (C=O) groups is 1. The number of aromatic nitrogens is 1. The predicted octanol–water partition coefficient (Wildman–Crippen LogP) is 3.75. The number of nitrogens with zero attached hydrogens (tertiary/aromatic N) is 2. The van der Waals surface area contributed by atoms with E-state index in [0.717, 1.165) is 5.56 Å². The zero-order chi connectivity index (χ0) is 15.2. The number of thioether (sulfide) groups is 1. The molecule has 0 aliphatic rings. The van der Waals surface area contributed by atoms with Gasteiger partial charge in [-0.3, -0.25) is 4.98 Å². The van der Waals surface area contributed by atoms with Crippen LogP contribution in [-0.4, -0.2) is 29.2 Å². The monoisotopic (exact) mass is 305 g/mol. The Morgan fingerprint density at radius 1 is 1.29 bits per heavy atom. The van der Waals surface area contributed by atoms with E-state index in [-0.39, 0.29) is 17.1 Å². The minimum absolute atomic E-state index is 0.167. The van der Waals surface area contributed by atoms with Gasteiger partial charge in [0.05, 0.1) is 5.69 Å². The molecule has 0 saturated heterocycles. The topological polar surface area (TPSA) is 45.2 Å². The van der Waals surface area contributed by atoms with Gasteiger partial charge in [-0.05, 0) is 36.1 Å². The zero-order valence-corrected chi connectivity index (χ0v) is 12.6. The Labute approximate surface area is 127 Å². The minimum atomic E-state index is -0.455. The molecule has 1 atom stereocenters. The molecule has 1 N–H and O–H groups in total. The van der Waals surface area contributed by atoms with Crippen LogP contribution in [0.3, 0.4) is 0 Å². The molecule has 21 heavy (non-hydrogen) atoms. The van der Waals surface area contributed by atoms with Crippen LogP contribution >= 0.6 is 11.8 Å². The summed E-state index contributed by atoms with van der Waals surface area (Å²) in [4.78, 5) is 17.8. The average Bonchev–Trinajstić information content (AvgIpc) is 2.51. The Morgan fingerprint density at radius 3 is 2.57 bits per heavy atom. The number of rotatable bonds is 4. The van der Waals surface area contributed by atoms with Gasteiger partial charge in [0.2, 0.25) is 0 Å². The molecule has 0 bridgehead atoms. The van der Waals surface area contributed by atoms with Crippen molar-refractivity contribution in [1.82, 2.24) is 9.88 Å². The van der Waals surface area contributed by atoms with Crippen molar-refractivity contribution in [1.29, 1.82) is 0 Å². The van der Waals surface area contributed by atoms with E-state index in [9.17, 15) is 9.18 Å². The molecule has 1 unspecified atom stereocenters. The zero-order valence-electron chi connectivity index (χ0n) is 11.8. The molecule has 1 heterocycles. The molecule has 0 radical (unpaired) electrons. The van der Waals surface area contributed by atoms with Gasteiger partial charge in [0.25, 0.3) is 0 Å². The first-order valence-electron chi connectivity index (χ1n) is 6.34. The molecule has 1 aromatic heterocycles. The fraction of sp³-hybridized carbons (Fsp3) is 0.200. The van der Waals surface area contributed by atoms with Crippen molar-refractivity contribution in [2.24, 2.45) is 0 Å². The molecule has 2 aromatic rings. The van der Waals surface area contributed by atoms with Crippen LogP contribution in [0.1, 0.15) is 10.9 Å². The summed E-state index contributed by atoms with van der Waals surface area (Å²) >= 11 is 1.52. The molecule has 1 aromatic carbocycles. The molecule has 6 heteroatoms. The van der Waals surface area contributed by atoms with Gasteiger partial charge in [-0.1, -0.05) is 12.1 Å². The number of nitrogens with one attached hydrogen (secondary N) is 1. The van der Waals surface area contributed by atoms with Crippen LogP contribution in [0.2, 0.25) is 0 Å². The van der Waals surface area contributed by atoms with Crippen LogP contribution in [0.4, 0.5) is 14.9 Å². The van der Waals surface area contributed by atoms with E-state index in [1.807, 2.05) is 18.4 Å². The Morgan fingerprint density at radius 2 is 1.95 bits per heavy atom. The van der Waals surface area contributed by atoms with Crippen LogP contribution in [-0.2, 0) is 0 Å². The van der Waals surface area contributed by atoms with Gasteiger partial charge in [-0.2, -0.15) is 0 Å². The van der Waals surface area contributed by atoms with E-state index in [1.165, 1.54) is 28.8 Å². The molecule has 4 nitrogen and oxygen atoms in total. The smallest absolute Gasteiger partial charge is 0.311 e. The van der Waals surface area contributed by atoms with Crippen molar-refractivity contribution < 1.29 is 9.18 Å². The predicted molar refractivity (Wildman–Crippen MR) is 83.7 cm³/mol. The van der Waals surface area contributed by atoms with E-state index in [2.05, 4.69) is 10.3 Å². The summed E-state index contributed by atoms with van der Waals surface area (Å²) in [5.41, 5.74) is 1.13. The molecule has 0 saturated carbocycles. The third-order valence-corrected chi connectivity index (χ3v) is 4.04. The van der Waals surface area contributed by atoms with Crippen LogP contribution in [0.5, 0.6) is 0 Å². The lowest BCUT2D eigenvalue weighted by molar-refractivity contribution is 0.219. The Balaban J connectivity index is 2.13. The number of benzene rings is 1. The standard InChI is InChI=1S/C15H16FN3OS/c1-19(14(21-2)11-7-9-17-10-8-11)15(20)18-13-6-4-3-5-12(13)16/h3-10,14H,1-2H3,(H,18,20). The second kappa shape index (κ2) is 7.08. The first kappa shape index (κ1) is 15.3. The van der Waals surface area contributed by atoms with Crippen LogP contribution in [0, 0.1) is 5.82 Å². The Hall–Kier alpha value is -2.08. The maximum atomic E-state index is 13.6. The van der Waals surface area contributed by atoms with Crippen LogP contribution in [0.15, 0.2) is 48.8 Å². The highest BCUT2D eigenvalue weighted by Gasteiger charge is 2.21. The molecular weight excluding hydrogens is 289 g/mol. The molecule has 0 spiro atoms. The number of amides is 2. The highest BCUT2D eigenvalue weighted by Crippen LogP contribution is 2.29. The number of urea groups is 1. The van der Waals surface area contributed by atoms with Gasteiger partial charge >= 0.3 is 6.03 Å². The molecule has 0 fully saturated rings. The summed E-state index contributed by atoms with van der Waals surface area (Å²) < 4.78 is 13.6. The number of anilines is 1. The number of hydrogen-bond donors (Lipinski definition) is 1. The maximum absolute atomic E-state index is 13.6. The maximum Gasteiger partial charge on any atom is 0.322 e. The van der Waals surface area contributed by atoms with Gasteiger partial charge in [0.15, 0.2) is 0 Å². The van der Waals surface area contributed by atoms with Gasteiger partial charge in [0.1, 0.15) is 11.2 Å². The van der Waals surface area contributed by atoms with Crippen molar-refractivity contribution in [3.05, 3.63) is 60.2 Å². The number of hydrogen-bond acceptors (Lipinski definition) is 3. The number of halogens is 1. The Kier molecular flexibility index (Phi) is 5.16. The second-order valence-corrected chi connectivity index (χ2v) is 5.31. The number of carbonyl (C=O) groups excluding carboxylic acids is 1. The van der Waals surface area contributed by atoms with Crippen LogP contribution in [0.25, 0.3) is 0 Å². The van der Waals surface area contributed by atoms with Gasteiger partial charge in [-0.25, -0.2) is 9.18 Å². The largest absolute Gasteiger partial charge is 0.322 e. The first-order valence-corrected chi connectivity index (χ1v) is 7.63. The Bertz CT molecular complexity index is 609. The number of para-hydroxylation sites is 1. The second-order valence-electron chi connectivity index (χ2n) is 4.39. The highest BCUT2D eigenvalue weighted by atomic mass is 32.2. The quantitative estimate of drug-likeness (QED) is 0.875. The molecular formula is C15H16FN3OS. The fourth-order valence-electron chi connectivity index (χ4n) is 1.92. The van der Waals surface area contributed by atoms with Crippen molar-refractivity contribution in [2.75, 3.05) is 18.6 Å². The average molecular weight is 305 g/mol. The van der Waals surface area contributed by atoms with E-state index >= 15 is 0 Å². The molecule has 0 aliphatic heterocycles. The van der Waals surface area contributed by atoms with Gasteiger partial charge < -0.3 is 10.2 Å². The van der Waals surface area contributed by atoms with E-state index in [0.29, 0.717) is 0 Å². The van der Waals surface area contributed by atoms with Gasteiger partial charge in [-0.15, -0.1) is 11.8 Å². The van der Waals surface area contributed by atoms with Crippen LogP contribution < -0.4 is 5.32 Å². The summed E-state index contributed by atoms with van der Waals surface area (Å²) in [7, 11) is 1.68. The summed E-state index contributed by atoms with van der Waals surface area (Å²) in [6.07, 6.45) is 5.28. The van der Waals surface area contributed by atoms with Crippen molar-refractivity contribution in [3.8, 4) is 0 Å². The lowest BCUT2D eigenvalue weighted by Gasteiger charge is -2.27. The normalized spacial score (nSPS) is 11.8. The minimum Gasteiger partial charge on any atom is -0.311 e. The molecule has 110 valence electrons. The first-order chi connectivity index (χ1) is 10.1. The van der Waals surface area contributed by atoms with Gasteiger partial charge in [0, 0.05) is 19.4 Å². The molecule has 2 amide bonds. The SMILES string of the molecule is CSC(c1ccncc1)N(C)C(=O)Nc1ccccc1F. The van der Waals surface area contributed by atoms with E-state index in [4.69, 9.17) is 0 Å². The van der Waals surface area contributed by atoms with Crippen molar-refractivity contribution in [2.45, 2.75) is 5.37 Å². The lowest BCUT2D eigenvalue weighted by atomic mass is 10.2. The summed E-state index contributed by atoms with van der Waals surface area (Å²) in [6.45, 7) is 0. The third-order valence-electron chi connectivity index (χ3n) is 3.00. The van der Waals surface area contributed by atoms with Crippen molar-refractivity contribution >= 4 is 23.5 Å². The van der Waals surface area contributed by atoms with E-state index < -0.39 is 5.82 Å².